The van der Waals surface area contributed by atoms with Gasteiger partial charge in [-0.3, -0.25) is 0 Å². The van der Waals surface area contributed by atoms with Crippen LogP contribution in [0.15, 0.2) is 29.2 Å². The molecular weight excluding hydrogens is 276 g/mol. The van der Waals surface area contributed by atoms with Crippen molar-refractivity contribution in [3.8, 4) is 0 Å². The SMILES string of the molecule is CNc1ccccc1S(=O)(=O)N(CCCO)C1CCC1. The quantitative estimate of drug-likeness (QED) is 0.803. The van der Waals surface area contributed by atoms with E-state index in [0.29, 0.717) is 23.5 Å². The van der Waals surface area contributed by atoms with Crippen LogP contribution in [0.4, 0.5) is 5.69 Å². The first kappa shape index (κ1) is 15.3. The third kappa shape index (κ3) is 2.97. The van der Waals surface area contributed by atoms with Gasteiger partial charge in [0.25, 0.3) is 0 Å². The predicted octanol–water partition coefficient (Wildman–Crippen LogP) is 1.65. The van der Waals surface area contributed by atoms with E-state index in [1.54, 1.807) is 29.6 Å². The maximum atomic E-state index is 12.9. The number of benzene rings is 1. The summed E-state index contributed by atoms with van der Waals surface area (Å²) in [7, 11) is -1.80. The van der Waals surface area contributed by atoms with Crippen LogP contribution in [0.3, 0.4) is 0 Å². The summed E-state index contributed by atoms with van der Waals surface area (Å²) in [4.78, 5) is 0.312. The molecule has 0 saturated heterocycles. The van der Waals surface area contributed by atoms with Gasteiger partial charge >= 0.3 is 0 Å². The number of aliphatic hydroxyl groups is 1. The zero-order valence-electron chi connectivity index (χ0n) is 11.7. The smallest absolute Gasteiger partial charge is 0.245 e. The van der Waals surface area contributed by atoms with Gasteiger partial charge in [0.2, 0.25) is 10.0 Å². The maximum absolute atomic E-state index is 12.9. The van der Waals surface area contributed by atoms with E-state index in [1.807, 2.05) is 6.07 Å². The number of hydrogen-bond donors (Lipinski definition) is 2. The molecule has 0 aliphatic heterocycles. The van der Waals surface area contributed by atoms with Crippen molar-refractivity contribution in [2.24, 2.45) is 0 Å². The van der Waals surface area contributed by atoms with Crippen molar-refractivity contribution in [1.29, 1.82) is 0 Å². The predicted molar refractivity (Wildman–Crippen MR) is 79.2 cm³/mol. The van der Waals surface area contributed by atoms with Crippen LogP contribution in [-0.2, 0) is 10.0 Å². The highest BCUT2D eigenvalue weighted by molar-refractivity contribution is 7.89. The molecule has 0 amide bonds. The largest absolute Gasteiger partial charge is 0.396 e. The number of hydrogen-bond acceptors (Lipinski definition) is 4. The molecule has 0 heterocycles. The van der Waals surface area contributed by atoms with Gasteiger partial charge in [0, 0.05) is 26.2 Å². The van der Waals surface area contributed by atoms with Crippen molar-refractivity contribution >= 4 is 15.7 Å². The molecular formula is C14H22N2O3S. The van der Waals surface area contributed by atoms with Crippen molar-refractivity contribution in [1.82, 2.24) is 4.31 Å². The van der Waals surface area contributed by atoms with E-state index >= 15 is 0 Å². The normalized spacial score (nSPS) is 16.1. The van der Waals surface area contributed by atoms with Crippen molar-refractivity contribution in [2.45, 2.75) is 36.6 Å². The van der Waals surface area contributed by atoms with Gasteiger partial charge in [0.15, 0.2) is 0 Å². The first-order valence-electron chi connectivity index (χ1n) is 7.00. The molecule has 0 aromatic heterocycles. The first-order chi connectivity index (χ1) is 9.61. The zero-order chi connectivity index (χ0) is 14.6. The molecule has 112 valence electrons. The number of para-hydroxylation sites is 1. The molecule has 0 bridgehead atoms. The molecule has 1 aliphatic rings. The van der Waals surface area contributed by atoms with E-state index < -0.39 is 10.0 Å². The molecule has 1 aromatic rings. The Morgan fingerprint density at radius 3 is 2.60 bits per heavy atom. The molecule has 1 saturated carbocycles. The second kappa shape index (κ2) is 6.56. The van der Waals surface area contributed by atoms with E-state index in [2.05, 4.69) is 5.32 Å². The Labute approximate surface area is 120 Å². The van der Waals surface area contributed by atoms with Crippen LogP contribution < -0.4 is 5.32 Å². The minimum absolute atomic E-state index is 0.00636. The van der Waals surface area contributed by atoms with Crippen LogP contribution in [0, 0.1) is 0 Å². The fourth-order valence-corrected chi connectivity index (χ4v) is 4.35. The number of sulfonamides is 1. The van der Waals surface area contributed by atoms with Gasteiger partial charge in [-0.25, -0.2) is 8.42 Å². The molecule has 6 heteroatoms. The summed E-state index contributed by atoms with van der Waals surface area (Å²) in [6.45, 7) is 0.383. The molecule has 0 unspecified atom stereocenters. The summed E-state index contributed by atoms with van der Waals surface area (Å²) in [5.74, 6) is 0. The molecule has 1 aromatic carbocycles. The summed E-state index contributed by atoms with van der Waals surface area (Å²) in [5.41, 5.74) is 0.612. The van der Waals surface area contributed by atoms with Crippen LogP contribution in [0.25, 0.3) is 0 Å². The minimum Gasteiger partial charge on any atom is -0.396 e. The van der Waals surface area contributed by atoms with Crippen LogP contribution in [-0.4, -0.2) is 44.1 Å². The van der Waals surface area contributed by atoms with E-state index in [0.717, 1.165) is 19.3 Å². The molecule has 2 N–H and O–H groups in total. The first-order valence-corrected chi connectivity index (χ1v) is 8.44. The molecule has 0 spiro atoms. The zero-order valence-corrected chi connectivity index (χ0v) is 12.6. The fourth-order valence-electron chi connectivity index (χ4n) is 2.42. The lowest BCUT2D eigenvalue weighted by atomic mass is 9.93. The van der Waals surface area contributed by atoms with Gasteiger partial charge in [-0.1, -0.05) is 18.6 Å². The number of nitrogens with one attached hydrogen (secondary N) is 1. The summed E-state index contributed by atoms with van der Waals surface area (Å²) < 4.78 is 27.3. The standard InChI is InChI=1S/C14H22N2O3S/c1-15-13-8-2-3-9-14(13)20(18,19)16(10-5-11-17)12-6-4-7-12/h2-3,8-9,12,15,17H,4-7,10-11H2,1H3. The van der Waals surface area contributed by atoms with Gasteiger partial charge in [0.05, 0.1) is 5.69 Å². The van der Waals surface area contributed by atoms with E-state index in [-0.39, 0.29) is 12.6 Å². The van der Waals surface area contributed by atoms with E-state index in [1.165, 1.54) is 0 Å². The number of rotatable bonds is 7. The number of anilines is 1. The Bertz CT molecular complexity index is 541. The highest BCUT2D eigenvalue weighted by Gasteiger charge is 2.35. The average Bonchev–Trinajstić information content (AvgIpc) is 2.41. The Morgan fingerprint density at radius 2 is 2.05 bits per heavy atom. The number of aliphatic hydroxyl groups excluding tert-OH is 1. The van der Waals surface area contributed by atoms with E-state index in [9.17, 15) is 8.42 Å². The van der Waals surface area contributed by atoms with E-state index in [4.69, 9.17) is 5.11 Å². The molecule has 1 aliphatic carbocycles. The summed E-state index contributed by atoms with van der Waals surface area (Å²) >= 11 is 0. The van der Waals surface area contributed by atoms with Crippen LogP contribution in [0.5, 0.6) is 0 Å². The Kier molecular flexibility index (Phi) is 5.01. The lowest BCUT2D eigenvalue weighted by molar-refractivity contribution is 0.198. The Hall–Kier alpha value is -1.11. The van der Waals surface area contributed by atoms with Gasteiger partial charge in [-0.2, -0.15) is 4.31 Å². The van der Waals surface area contributed by atoms with Gasteiger partial charge < -0.3 is 10.4 Å². The van der Waals surface area contributed by atoms with Crippen molar-refractivity contribution in [3.63, 3.8) is 0 Å². The molecule has 2 rings (SSSR count). The second-order valence-corrected chi connectivity index (χ2v) is 6.88. The van der Waals surface area contributed by atoms with Gasteiger partial charge in [0.1, 0.15) is 4.90 Å². The highest BCUT2D eigenvalue weighted by atomic mass is 32.2. The van der Waals surface area contributed by atoms with Gasteiger partial charge in [-0.05, 0) is 31.4 Å². The molecule has 20 heavy (non-hydrogen) atoms. The summed E-state index contributed by atoms with van der Waals surface area (Å²) in [6.07, 6.45) is 3.36. The topological polar surface area (TPSA) is 69.6 Å². The molecule has 1 fully saturated rings. The monoisotopic (exact) mass is 298 g/mol. The summed E-state index contributed by atoms with van der Waals surface area (Å²) in [6, 6.07) is 7.02. The third-order valence-corrected chi connectivity index (χ3v) is 5.77. The lowest BCUT2D eigenvalue weighted by Gasteiger charge is -2.36. The van der Waals surface area contributed by atoms with Crippen molar-refractivity contribution < 1.29 is 13.5 Å². The van der Waals surface area contributed by atoms with Crippen molar-refractivity contribution in [2.75, 3.05) is 25.5 Å². The van der Waals surface area contributed by atoms with Crippen LogP contribution in [0.2, 0.25) is 0 Å². The fraction of sp³-hybridized carbons (Fsp3) is 0.571. The average molecular weight is 298 g/mol. The molecule has 5 nitrogen and oxygen atoms in total. The number of nitrogens with zero attached hydrogens (tertiary/aromatic N) is 1. The highest BCUT2D eigenvalue weighted by Crippen LogP contribution is 2.32. The Balaban J connectivity index is 2.33. The molecule has 0 atom stereocenters. The third-order valence-electron chi connectivity index (χ3n) is 3.76. The minimum atomic E-state index is -3.52. The van der Waals surface area contributed by atoms with Crippen molar-refractivity contribution in [3.05, 3.63) is 24.3 Å². The second-order valence-electron chi connectivity index (χ2n) is 5.02. The lowest BCUT2D eigenvalue weighted by Crippen LogP contribution is -2.45. The van der Waals surface area contributed by atoms with Crippen LogP contribution in [0.1, 0.15) is 25.7 Å². The maximum Gasteiger partial charge on any atom is 0.245 e. The Morgan fingerprint density at radius 1 is 1.35 bits per heavy atom. The summed E-state index contributed by atoms with van der Waals surface area (Å²) in [5, 5.41) is 11.9. The van der Waals surface area contributed by atoms with Crippen LogP contribution >= 0.6 is 0 Å². The van der Waals surface area contributed by atoms with Gasteiger partial charge in [-0.15, -0.1) is 0 Å². The molecule has 0 radical (unpaired) electrons.